The number of fused-ring (bicyclic) bond motifs is 3. The van der Waals surface area contributed by atoms with Gasteiger partial charge in [0.15, 0.2) is 5.78 Å². The van der Waals surface area contributed by atoms with Crippen LogP contribution in [0.5, 0.6) is 0 Å². The van der Waals surface area contributed by atoms with Crippen LogP contribution < -0.4 is 0 Å². The molecule has 0 saturated heterocycles. The van der Waals surface area contributed by atoms with Gasteiger partial charge in [0.2, 0.25) is 0 Å². The molecule has 0 saturated carbocycles. The van der Waals surface area contributed by atoms with Gasteiger partial charge >= 0.3 is 0 Å². The van der Waals surface area contributed by atoms with Crippen molar-refractivity contribution in [2.24, 2.45) is 16.7 Å². The summed E-state index contributed by atoms with van der Waals surface area (Å²) in [6, 6.07) is 23.4. The van der Waals surface area contributed by atoms with Crippen LogP contribution in [0.2, 0.25) is 0 Å². The van der Waals surface area contributed by atoms with Gasteiger partial charge in [-0.3, -0.25) is 9.78 Å². The third-order valence-electron chi connectivity index (χ3n) is 12.1. The summed E-state index contributed by atoms with van der Waals surface area (Å²) in [7, 11) is 0. The Morgan fingerprint density at radius 1 is 0.857 bits per heavy atom. The summed E-state index contributed by atoms with van der Waals surface area (Å²) in [4.78, 5) is 18.2. The molecule has 6 heteroatoms. The van der Waals surface area contributed by atoms with E-state index in [-0.39, 0.29) is 47.9 Å². The van der Waals surface area contributed by atoms with Gasteiger partial charge in [-0.05, 0) is 85.9 Å². The molecular weight excluding hydrogens is 887 g/mol. The number of furan rings is 1. The Balaban J connectivity index is 0.000000330. The third kappa shape index (κ3) is 9.09. The predicted octanol–water partition coefficient (Wildman–Crippen LogP) is 15.1. The number of rotatable bonds is 11. The zero-order valence-corrected chi connectivity index (χ0v) is 39.1. The van der Waals surface area contributed by atoms with Crippen LogP contribution in [0.4, 0.5) is 0 Å². The molecule has 1 radical (unpaired) electrons. The first-order valence-corrected chi connectivity index (χ1v) is 21.0. The molecule has 0 atom stereocenters. The van der Waals surface area contributed by atoms with Gasteiger partial charge in [-0.2, -0.15) is 0 Å². The molecule has 1 N–H and O–H groups in total. The molecule has 56 heavy (non-hydrogen) atoms. The summed E-state index contributed by atoms with van der Waals surface area (Å²) in [5.41, 5.74) is 7.19. The van der Waals surface area contributed by atoms with Crippen molar-refractivity contribution in [2.45, 2.75) is 128 Å². The Morgan fingerprint density at radius 2 is 1.50 bits per heavy atom. The van der Waals surface area contributed by atoms with Gasteiger partial charge in [-0.15, -0.1) is 40.5 Å². The van der Waals surface area contributed by atoms with E-state index < -0.39 is 0 Å². The van der Waals surface area contributed by atoms with E-state index in [1.54, 1.807) is 0 Å². The molecule has 0 fully saturated rings. The monoisotopic (exact) mass is 949 g/mol. The van der Waals surface area contributed by atoms with Crippen molar-refractivity contribution in [1.82, 2.24) is 4.98 Å². The largest absolute Gasteiger partial charge is 0.512 e. The molecule has 3 aromatic heterocycles. The smallest absolute Gasteiger partial charge is 0.164 e. The molecule has 0 aliphatic carbocycles. The Kier molecular flexibility index (Phi) is 14.4. The van der Waals surface area contributed by atoms with Crippen molar-refractivity contribution in [3.63, 3.8) is 0 Å². The van der Waals surface area contributed by atoms with Crippen LogP contribution >= 0.6 is 11.3 Å². The zero-order chi connectivity index (χ0) is 40.5. The molecule has 0 spiro atoms. The molecular formula is C50H62IrNO3S-. The number of aromatic nitrogens is 1. The van der Waals surface area contributed by atoms with Crippen LogP contribution in [0.15, 0.2) is 77.0 Å². The van der Waals surface area contributed by atoms with E-state index in [2.05, 4.69) is 109 Å². The quantitative estimate of drug-likeness (QED) is 0.0798. The number of aryl methyl sites for hydroxylation is 2. The Morgan fingerprint density at radius 3 is 2.11 bits per heavy atom. The average Bonchev–Trinajstić information content (AvgIpc) is 3.67. The summed E-state index contributed by atoms with van der Waals surface area (Å²) in [6.07, 6.45) is 7.75. The molecule has 4 nitrogen and oxygen atoms in total. The van der Waals surface area contributed by atoms with Gasteiger partial charge < -0.3 is 9.52 Å². The average molecular weight is 949 g/mol. The molecule has 0 aliphatic heterocycles. The number of nitrogens with zero attached hydrogens (tertiary/aromatic N) is 1. The standard InChI is InChI=1S/C35H34NOS.C15H28O2.Ir/c1-20(2)16-23-12-13-26-22(4)34(38-30(26)17-23)32-21(3)27-14-15-36-31(33(27)37-32)25-18-24-10-8-9-11-28(24)29(19-25)35(5,6)7;1-7-14(5,8-2)12(16)11-13(17)15(6,9-3)10-4;/h8-15,17,19-20H,16H2,1-7H3;11,16H,7-10H2,1-6H3;/q-1;;/b;12-11-;. The summed E-state index contributed by atoms with van der Waals surface area (Å²) < 4.78 is 8.07. The molecule has 0 aliphatic rings. The van der Waals surface area contributed by atoms with Crippen LogP contribution in [0.3, 0.4) is 0 Å². The van der Waals surface area contributed by atoms with E-state index in [0.717, 1.165) is 71.0 Å². The first kappa shape index (κ1) is 45.1. The fourth-order valence-electron chi connectivity index (χ4n) is 7.30. The van der Waals surface area contributed by atoms with Crippen LogP contribution in [-0.2, 0) is 36.7 Å². The molecule has 0 unspecified atom stereocenters. The van der Waals surface area contributed by atoms with Gasteiger partial charge in [0.25, 0.3) is 0 Å². The predicted molar refractivity (Wildman–Crippen MR) is 236 cm³/mol. The fraction of sp³-hybridized carbons (Fsp3) is 0.440. The number of thiophene rings is 1. The molecule has 6 aromatic rings. The molecule has 3 heterocycles. The van der Waals surface area contributed by atoms with E-state index in [0.29, 0.717) is 5.92 Å². The zero-order valence-electron chi connectivity index (χ0n) is 35.9. The van der Waals surface area contributed by atoms with E-state index in [9.17, 15) is 9.90 Å². The van der Waals surface area contributed by atoms with Gasteiger partial charge in [0.05, 0.1) is 4.88 Å². The van der Waals surface area contributed by atoms with Crippen molar-refractivity contribution >= 4 is 48.9 Å². The number of ketones is 1. The van der Waals surface area contributed by atoms with Crippen molar-refractivity contribution in [3.8, 4) is 21.9 Å². The minimum absolute atomic E-state index is 0. The summed E-state index contributed by atoms with van der Waals surface area (Å²) >= 11 is 1.84. The van der Waals surface area contributed by atoms with Gasteiger partial charge in [-0.1, -0.05) is 117 Å². The summed E-state index contributed by atoms with van der Waals surface area (Å²) in [6.45, 7) is 27.8. The van der Waals surface area contributed by atoms with Crippen LogP contribution in [0.1, 0.15) is 124 Å². The third-order valence-corrected chi connectivity index (χ3v) is 13.4. The maximum Gasteiger partial charge on any atom is 0.164 e. The number of aliphatic hydroxyl groups excluding tert-OH is 1. The maximum atomic E-state index is 12.2. The number of benzene rings is 3. The van der Waals surface area contributed by atoms with Gasteiger partial charge in [0, 0.05) is 64.6 Å². The fourth-order valence-corrected chi connectivity index (χ4v) is 8.61. The van der Waals surface area contributed by atoms with Crippen molar-refractivity contribution < 1.29 is 34.4 Å². The van der Waals surface area contributed by atoms with E-state index in [1.807, 2.05) is 59.1 Å². The van der Waals surface area contributed by atoms with Crippen molar-refractivity contribution in [1.29, 1.82) is 0 Å². The number of hydrogen-bond donors (Lipinski definition) is 1. The van der Waals surface area contributed by atoms with E-state index >= 15 is 0 Å². The number of carbonyl (C=O) groups is 1. The number of pyridine rings is 1. The molecule has 3 aromatic carbocycles. The Hall–Kier alpha value is -3.57. The maximum absolute atomic E-state index is 12.2. The number of carbonyl (C=O) groups excluding carboxylic acids is 1. The SMILES string of the molecule is CCC(C)(CC)C(=O)/C=C(\O)C(C)(CC)CC.Cc1c(-c2oc3c(-c4[c-]c5ccccc5c(C(C)(C)C)c4)nccc3c2C)sc2cc(CC(C)C)ccc12.[Ir]. The summed E-state index contributed by atoms with van der Waals surface area (Å²) in [5, 5.41) is 14.9. The minimum Gasteiger partial charge on any atom is -0.512 e. The Labute approximate surface area is 353 Å². The number of allylic oxidation sites excluding steroid dienone is 2. The topological polar surface area (TPSA) is 63.3 Å². The molecule has 0 amide bonds. The first-order chi connectivity index (χ1) is 25.9. The Bertz CT molecular complexity index is 2340. The van der Waals surface area contributed by atoms with Crippen LogP contribution in [0, 0.1) is 36.7 Å². The first-order valence-electron chi connectivity index (χ1n) is 20.2. The minimum atomic E-state index is -0.337. The van der Waals surface area contributed by atoms with Crippen molar-refractivity contribution in [2.75, 3.05) is 0 Å². The second-order valence-electron chi connectivity index (χ2n) is 17.4. The van der Waals surface area contributed by atoms with E-state index in [1.165, 1.54) is 43.1 Å². The van der Waals surface area contributed by atoms with Crippen LogP contribution in [0.25, 0.3) is 53.7 Å². The molecule has 0 bridgehead atoms. The van der Waals surface area contributed by atoms with Gasteiger partial charge in [0.1, 0.15) is 17.1 Å². The number of aliphatic hydroxyl groups is 1. The van der Waals surface area contributed by atoms with Crippen LogP contribution in [-0.4, -0.2) is 15.9 Å². The van der Waals surface area contributed by atoms with E-state index in [4.69, 9.17) is 9.40 Å². The second kappa shape index (κ2) is 17.9. The summed E-state index contributed by atoms with van der Waals surface area (Å²) in [5.74, 6) is 1.88. The normalized spacial score (nSPS) is 12.6. The molecule has 301 valence electrons. The molecule has 6 rings (SSSR count). The second-order valence-corrected chi connectivity index (χ2v) is 18.5. The van der Waals surface area contributed by atoms with Gasteiger partial charge in [-0.25, -0.2) is 0 Å². The van der Waals surface area contributed by atoms with Crippen molar-refractivity contribution in [3.05, 3.63) is 101 Å². The number of hydrogen-bond acceptors (Lipinski definition) is 5.